The SMILES string of the molecule is O=c1[nH]c(=O)n2c(c1[N+](=O)[O-])N[C@@H]([C@H](O)[C@H](O)[C@H](O)CO)[C@H]2O. The summed E-state index contributed by atoms with van der Waals surface area (Å²) >= 11 is 0. The first-order chi connectivity index (χ1) is 10.7. The molecule has 13 heteroatoms. The Morgan fingerprint density at radius 1 is 1.30 bits per heavy atom. The van der Waals surface area contributed by atoms with Gasteiger partial charge in [0.05, 0.1) is 11.5 Å². The molecule has 2 rings (SSSR count). The molecule has 23 heavy (non-hydrogen) atoms. The van der Waals surface area contributed by atoms with Crippen molar-refractivity contribution < 1.29 is 30.5 Å². The van der Waals surface area contributed by atoms with Crippen LogP contribution in [0.4, 0.5) is 11.5 Å². The molecule has 128 valence electrons. The molecule has 1 aliphatic rings. The van der Waals surface area contributed by atoms with E-state index in [2.05, 4.69) is 5.32 Å². The van der Waals surface area contributed by atoms with E-state index in [1.54, 1.807) is 4.98 Å². The topological polar surface area (TPSA) is 211 Å². The lowest BCUT2D eigenvalue weighted by Crippen LogP contribution is -2.49. The van der Waals surface area contributed by atoms with Crippen LogP contribution in [0.5, 0.6) is 0 Å². The van der Waals surface area contributed by atoms with E-state index in [1.807, 2.05) is 0 Å². The zero-order valence-electron chi connectivity index (χ0n) is 11.4. The Hall–Kier alpha value is -2.32. The molecule has 0 fully saturated rings. The van der Waals surface area contributed by atoms with E-state index in [9.17, 15) is 40.1 Å². The predicted octanol–water partition coefficient (Wildman–Crippen LogP) is -4.20. The van der Waals surface area contributed by atoms with Crippen LogP contribution >= 0.6 is 0 Å². The lowest BCUT2D eigenvalue weighted by atomic mass is 10.0. The molecule has 0 aromatic carbocycles. The number of hydrogen-bond acceptors (Lipinski definition) is 10. The zero-order valence-corrected chi connectivity index (χ0v) is 11.4. The predicted molar refractivity (Wildman–Crippen MR) is 71.7 cm³/mol. The fourth-order valence-electron chi connectivity index (χ4n) is 2.30. The van der Waals surface area contributed by atoms with Crippen LogP contribution in [-0.2, 0) is 0 Å². The van der Waals surface area contributed by atoms with Gasteiger partial charge in [-0.25, -0.2) is 9.36 Å². The molecule has 0 aliphatic carbocycles. The molecule has 0 amide bonds. The number of aromatic amines is 1. The number of nitrogens with zero attached hydrogens (tertiary/aromatic N) is 2. The lowest BCUT2D eigenvalue weighted by molar-refractivity contribution is -0.385. The molecule has 2 heterocycles. The number of anilines is 1. The minimum atomic E-state index is -1.92. The van der Waals surface area contributed by atoms with Gasteiger partial charge in [-0.1, -0.05) is 0 Å². The third-order valence-electron chi connectivity index (χ3n) is 3.49. The third kappa shape index (κ3) is 2.71. The van der Waals surface area contributed by atoms with Crippen molar-refractivity contribution in [1.82, 2.24) is 9.55 Å². The van der Waals surface area contributed by atoms with Gasteiger partial charge < -0.3 is 30.8 Å². The number of aromatic nitrogens is 2. The molecule has 1 aliphatic heterocycles. The molecule has 1 aromatic rings. The summed E-state index contributed by atoms with van der Waals surface area (Å²) in [6, 6.07) is -1.55. The first-order valence-electron chi connectivity index (χ1n) is 6.33. The highest BCUT2D eigenvalue weighted by Gasteiger charge is 2.44. The Morgan fingerprint density at radius 3 is 2.43 bits per heavy atom. The molecule has 0 spiro atoms. The van der Waals surface area contributed by atoms with Crippen molar-refractivity contribution in [2.45, 2.75) is 30.6 Å². The number of nitrogens with one attached hydrogen (secondary N) is 2. The van der Waals surface area contributed by atoms with Gasteiger partial charge in [0.2, 0.25) is 0 Å². The maximum atomic E-state index is 11.7. The van der Waals surface area contributed by atoms with Crippen LogP contribution in [0.3, 0.4) is 0 Å². The van der Waals surface area contributed by atoms with E-state index in [1.165, 1.54) is 0 Å². The average molecular weight is 334 g/mol. The van der Waals surface area contributed by atoms with Crippen molar-refractivity contribution >= 4 is 11.5 Å². The standard InChI is InChI=1S/C10H14N4O9/c15-1-2(16)5(17)6(18)3-9(20)13-7(11-3)4(14(22)23)8(19)12-10(13)21/h2-3,5-6,9,11,15-18,20H,1H2,(H,12,19,21)/t2-,3+,5-,6+,9-/m1/s1. The second-order valence-corrected chi connectivity index (χ2v) is 4.90. The largest absolute Gasteiger partial charge is 0.394 e. The van der Waals surface area contributed by atoms with Crippen molar-refractivity contribution in [2.75, 3.05) is 11.9 Å². The Balaban J connectivity index is 2.47. The molecule has 5 atom stereocenters. The normalized spacial score (nSPS) is 23.7. The van der Waals surface area contributed by atoms with Gasteiger partial charge in [0.25, 0.3) is 0 Å². The minimum Gasteiger partial charge on any atom is -0.394 e. The van der Waals surface area contributed by atoms with Crippen molar-refractivity contribution in [2.24, 2.45) is 0 Å². The Bertz CT molecular complexity index is 728. The number of hydrogen-bond donors (Lipinski definition) is 7. The van der Waals surface area contributed by atoms with Crippen LogP contribution in [0, 0.1) is 10.1 Å². The number of aliphatic hydroxyl groups is 5. The van der Waals surface area contributed by atoms with Crippen LogP contribution in [0.2, 0.25) is 0 Å². The Labute approximate surface area is 126 Å². The summed E-state index contributed by atoms with van der Waals surface area (Å²) in [7, 11) is 0. The second kappa shape index (κ2) is 6.05. The lowest BCUT2D eigenvalue weighted by Gasteiger charge is -2.27. The average Bonchev–Trinajstić information content (AvgIpc) is 2.82. The summed E-state index contributed by atoms with van der Waals surface area (Å²) in [4.78, 5) is 34.7. The Kier molecular flexibility index (Phi) is 4.49. The summed E-state index contributed by atoms with van der Waals surface area (Å²) in [5.74, 6) is -0.647. The summed E-state index contributed by atoms with van der Waals surface area (Å²) in [6.45, 7) is -0.896. The van der Waals surface area contributed by atoms with Crippen molar-refractivity contribution in [3.8, 4) is 0 Å². The number of rotatable bonds is 5. The van der Waals surface area contributed by atoms with Gasteiger partial charge in [-0.2, -0.15) is 0 Å². The molecular formula is C10H14N4O9. The number of fused-ring (bicyclic) bond motifs is 1. The highest BCUT2D eigenvalue weighted by Crippen LogP contribution is 2.32. The molecule has 0 unspecified atom stereocenters. The molecule has 1 aromatic heterocycles. The van der Waals surface area contributed by atoms with Gasteiger partial charge in [-0.3, -0.25) is 19.9 Å². The fraction of sp³-hybridized carbons (Fsp3) is 0.600. The molecular weight excluding hydrogens is 320 g/mol. The smallest absolute Gasteiger partial charge is 0.374 e. The van der Waals surface area contributed by atoms with E-state index in [-0.39, 0.29) is 0 Å². The molecule has 0 bridgehead atoms. The van der Waals surface area contributed by atoms with Crippen molar-refractivity contribution in [3.63, 3.8) is 0 Å². The van der Waals surface area contributed by atoms with Crippen LogP contribution in [0.1, 0.15) is 6.23 Å². The molecule has 0 saturated heterocycles. The van der Waals surface area contributed by atoms with E-state index in [0.29, 0.717) is 4.57 Å². The number of aliphatic hydroxyl groups excluding tert-OH is 5. The third-order valence-corrected chi connectivity index (χ3v) is 3.49. The van der Waals surface area contributed by atoms with Crippen LogP contribution in [0.15, 0.2) is 9.59 Å². The highest BCUT2D eigenvalue weighted by molar-refractivity contribution is 5.58. The molecule has 0 radical (unpaired) electrons. The fourth-order valence-corrected chi connectivity index (χ4v) is 2.30. The van der Waals surface area contributed by atoms with Crippen molar-refractivity contribution in [3.05, 3.63) is 31.0 Å². The van der Waals surface area contributed by atoms with Gasteiger partial charge >= 0.3 is 16.9 Å². The number of H-pyrrole nitrogens is 1. The van der Waals surface area contributed by atoms with Gasteiger partial charge in [-0.15, -0.1) is 0 Å². The molecule has 13 nitrogen and oxygen atoms in total. The van der Waals surface area contributed by atoms with E-state index in [4.69, 9.17) is 5.11 Å². The first kappa shape index (κ1) is 17.0. The second-order valence-electron chi connectivity index (χ2n) is 4.90. The highest BCUT2D eigenvalue weighted by atomic mass is 16.6. The van der Waals surface area contributed by atoms with Crippen LogP contribution < -0.4 is 16.6 Å². The Morgan fingerprint density at radius 2 is 1.91 bits per heavy atom. The zero-order chi connectivity index (χ0) is 17.5. The van der Waals surface area contributed by atoms with Gasteiger partial charge in [0.15, 0.2) is 12.0 Å². The summed E-state index contributed by atoms with van der Waals surface area (Å²) in [5.41, 5.74) is -3.53. The maximum Gasteiger partial charge on any atom is 0.374 e. The quantitative estimate of drug-likeness (QED) is 0.204. The summed E-state index contributed by atoms with van der Waals surface area (Å²) in [6.07, 6.45) is -7.47. The molecule has 0 saturated carbocycles. The summed E-state index contributed by atoms with van der Waals surface area (Å²) in [5, 5.41) is 60.8. The van der Waals surface area contributed by atoms with Crippen LogP contribution in [-0.4, -0.2) is 71.0 Å². The van der Waals surface area contributed by atoms with E-state index >= 15 is 0 Å². The minimum absolute atomic E-state index is 0.436. The van der Waals surface area contributed by atoms with Gasteiger partial charge in [-0.05, 0) is 0 Å². The van der Waals surface area contributed by atoms with E-state index in [0.717, 1.165) is 0 Å². The number of nitro groups is 1. The first-order valence-corrected chi connectivity index (χ1v) is 6.33. The van der Waals surface area contributed by atoms with Gasteiger partial charge in [0, 0.05) is 0 Å². The van der Waals surface area contributed by atoms with Gasteiger partial charge in [0.1, 0.15) is 24.4 Å². The monoisotopic (exact) mass is 334 g/mol. The maximum absolute atomic E-state index is 11.7. The van der Waals surface area contributed by atoms with E-state index < -0.39 is 64.9 Å². The molecule has 7 N–H and O–H groups in total. The van der Waals surface area contributed by atoms with Crippen LogP contribution in [0.25, 0.3) is 0 Å². The van der Waals surface area contributed by atoms with Crippen molar-refractivity contribution in [1.29, 1.82) is 0 Å². The summed E-state index contributed by atoms with van der Waals surface area (Å²) < 4.78 is 0.436.